The molecular formula is C28H46O10. The van der Waals surface area contributed by atoms with Gasteiger partial charge in [-0.15, -0.1) is 0 Å². The molecule has 0 aromatic rings. The van der Waals surface area contributed by atoms with E-state index in [1.165, 1.54) is 6.92 Å². The highest BCUT2D eigenvalue weighted by molar-refractivity contribution is 5.65. The van der Waals surface area contributed by atoms with Crippen LogP contribution in [0, 0.1) is 34.0 Å². The highest BCUT2D eigenvalue weighted by Crippen LogP contribution is 2.73. The smallest absolute Gasteiger partial charge is 0.302 e. The van der Waals surface area contributed by atoms with Crippen LogP contribution >= 0.6 is 0 Å². The Labute approximate surface area is 224 Å². The standard InChI is InChI=1S/C28H46O10/c1-15(30)36-13-26(3)18-6-9-27-10-16(4-5-19(27)25(18,2)8-7-20(26)31)28(35,12-27)14-37-24-23(34)22(33)21(32)17(11-29)38-24/h16-24,29,31-35H,4-14H2,1-3H3/t16-,17-,18+,19+,20+,21-,22+,23-,24-,25-,26+,27+,28+/m1/s1. The lowest BCUT2D eigenvalue weighted by Gasteiger charge is -2.65. The number of carbonyl (C=O) groups is 1. The third-order valence-electron chi connectivity index (χ3n) is 11.6. The topological polar surface area (TPSA) is 166 Å². The Kier molecular flexibility index (Phi) is 7.47. The van der Waals surface area contributed by atoms with Gasteiger partial charge in [0.2, 0.25) is 0 Å². The summed E-state index contributed by atoms with van der Waals surface area (Å²) < 4.78 is 16.8. The minimum absolute atomic E-state index is 0.0328. The predicted octanol–water partition coefficient (Wildman–Crippen LogP) is 0.481. The fraction of sp³-hybridized carbons (Fsp3) is 0.964. The van der Waals surface area contributed by atoms with Crippen LogP contribution in [0.3, 0.4) is 0 Å². The summed E-state index contributed by atoms with van der Waals surface area (Å²) >= 11 is 0. The van der Waals surface area contributed by atoms with Crippen molar-refractivity contribution in [1.29, 1.82) is 0 Å². The molecule has 13 atom stereocenters. The molecular weight excluding hydrogens is 496 g/mol. The lowest BCUT2D eigenvalue weighted by atomic mass is 9.40. The molecule has 0 radical (unpaired) electrons. The number of rotatable bonds is 6. The van der Waals surface area contributed by atoms with Crippen LogP contribution < -0.4 is 0 Å². The van der Waals surface area contributed by atoms with Gasteiger partial charge in [0.1, 0.15) is 24.4 Å². The van der Waals surface area contributed by atoms with Gasteiger partial charge >= 0.3 is 5.97 Å². The SMILES string of the molecule is CC(=O)OC[C@@]1(C)[C@H]2CC[C@@]34C[C@@H](CC[C@H]3[C@]2(C)CC[C@@H]1O)[C@@](O)(CO[C@@H]1O[C@H](CO)[C@@H](O)[C@H](O)[C@H]1O)C4. The van der Waals surface area contributed by atoms with Crippen molar-refractivity contribution in [2.24, 2.45) is 34.0 Å². The van der Waals surface area contributed by atoms with Crippen LogP contribution in [0.1, 0.15) is 72.1 Å². The molecule has 2 bridgehead atoms. The summed E-state index contributed by atoms with van der Waals surface area (Å²) in [6.45, 7) is 5.41. The van der Waals surface area contributed by atoms with Crippen LogP contribution in [0.25, 0.3) is 0 Å². The van der Waals surface area contributed by atoms with Gasteiger partial charge in [-0.05, 0) is 80.0 Å². The number of aliphatic hydroxyl groups is 6. The van der Waals surface area contributed by atoms with Crippen LogP contribution in [0.15, 0.2) is 0 Å². The summed E-state index contributed by atoms with van der Waals surface area (Å²) in [6, 6.07) is 0. The van der Waals surface area contributed by atoms with Crippen molar-refractivity contribution in [3.05, 3.63) is 0 Å². The van der Waals surface area contributed by atoms with Crippen molar-refractivity contribution in [2.45, 2.75) is 115 Å². The first kappa shape index (κ1) is 28.7. The van der Waals surface area contributed by atoms with Crippen molar-refractivity contribution < 1.29 is 49.6 Å². The summed E-state index contributed by atoms with van der Waals surface area (Å²) in [5.41, 5.74) is -1.75. The molecule has 4 aliphatic carbocycles. The second-order valence-electron chi connectivity index (χ2n) is 13.6. The van der Waals surface area contributed by atoms with Gasteiger partial charge < -0.3 is 44.8 Å². The van der Waals surface area contributed by atoms with E-state index in [0.29, 0.717) is 18.8 Å². The van der Waals surface area contributed by atoms with Gasteiger partial charge in [-0.25, -0.2) is 0 Å². The Bertz CT molecular complexity index is 899. The Morgan fingerprint density at radius 2 is 1.68 bits per heavy atom. The van der Waals surface area contributed by atoms with Gasteiger partial charge in [0.05, 0.1) is 31.5 Å². The number of hydrogen-bond acceptors (Lipinski definition) is 10. The van der Waals surface area contributed by atoms with E-state index < -0.39 is 54.4 Å². The molecule has 1 spiro atoms. The number of carbonyl (C=O) groups excluding carboxylic acids is 1. The Morgan fingerprint density at radius 1 is 0.947 bits per heavy atom. The zero-order chi connectivity index (χ0) is 27.7. The molecule has 1 saturated heterocycles. The monoisotopic (exact) mass is 542 g/mol. The summed E-state index contributed by atoms with van der Waals surface area (Å²) in [7, 11) is 0. The van der Waals surface area contributed by atoms with E-state index in [2.05, 4.69) is 13.8 Å². The molecule has 5 aliphatic rings. The molecule has 1 heterocycles. The van der Waals surface area contributed by atoms with Gasteiger partial charge in [0.15, 0.2) is 6.29 Å². The quantitative estimate of drug-likeness (QED) is 0.260. The fourth-order valence-corrected chi connectivity index (χ4v) is 9.71. The average molecular weight is 543 g/mol. The molecule has 10 heteroatoms. The van der Waals surface area contributed by atoms with E-state index >= 15 is 0 Å². The lowest BCUT2D eigenvalue weighted by molar-refractivity contribution is -0.310. The number of ether oxygens (including phenoxy) is 3. The molecule has 5 fully saturated rings. The third-order valence-corrected chi connectivity index (χ3v) is 11.6. The normalized spacial score (nSPS) is 54.2. The highest BCUT2D eigenvalue weighted by Gasteiger charge is 2.68. The number of aliphatic hydroxyl groups excluding tert-OH is 5. The number of esters is 1. The van der Waals surface area contributed by atoms with Gasteiger partial charge in [0.25, 0.3) is 0 Å². The third kappa shape index (κ3) is 4.34. The van der Waals surface area contributed by atoms with Crippen LogP contribution in [0.5, 0.6) is 0 Å². The van der Waals surface area contributed by atoms with Gasteiger partial charge in [-0.3, -0.25) is 4.79 Å². The maximum atomic E-state index is 11.9. The van der Waals surface area contributed by atoms with Crippen molar-refractivity contribution in [2.75, 3.05) is 19.8 Å². The molecule has 0 amide bonds. The van der Waals surface area contributed by atoms with E-state index in [1.54, 1.807) is 0 Å². The Morgan fingerprint density at radius 3 is 2.37 bits per heavy atom. The zero-order valence-electron chi connectivity index (χ0n) is 22.8. The van der Waals surface area contributed by atoms with E-state index in [-0.39, 0.29) is 41.8 Å². The van der Waals surface area contributed by atoms with Gasteiger partial charge in [-0.1, -0.05) is 13.8 Å². The van der Waals surface area contributed by atoms with Crippen molar-refractivity contribution in [1.82, 2.24) is 0 Å². The van der Waals surface area contributed by atoms with Crippen LogP contribution in [-0.2, 0) is 19.0 Å². The molecule has 38 heavy (non-hydrogen) atoms. The second-order valence-corrected chi connectivity index (χ2v) is 13.6. The molecule has 0 aromatic carbocycles. The summed E-state index contributed by atoms with van der Waals surface area (Å²) in [5.74, 6) is 0.254. The minimum atomic E-state index is -1.52. The minimum Gasteiger partial charge on any atom is -0.465 e. The Hall–Kier alpha value is -0.850. The molecule has 5 rings (SSSR count). The van der Waals surface area contributed by atoms with Crippen molar-refractivity contribution >= 4 is 5.97 Å². The summed E-state index contributed by atoms with van der Waals surface area (Å²) in [4.78, 5) is 11.6. The molecule has 6 N–H and O–H groups in total. The van der Waals surface area contributed by atoms with Crippen molar-refractivity contribution in [3.63, 3.8) is 0 Å². The van der Waals surface area contributed by atoms with Crippen LogP contribution in [-0.4, -0.2) is 98.8 Å². The summed E-state index contributed by atoms with van der Waals surface area (Å²) in [6.07, 6.45) is -0.714. The van der Waals surface area contributed by atoms with Gasteiger partial charge in [0, 0.05) is 12.3 Å². The number of fused-ring (bicyclic) bond motifs is 3. The molecule has 10 nitrogen and oxygen atoms in total. The summed E-state index contributed by atoms with van der Waals surface area (Å²) in [5, 5.41) is 63.0. The fourth-order valence-electron chi connectivity index (χ4n) is 9.71. The first-order valence-electron chi connectivity index (χ1n) is 14.3. The molecule has 0 unspecified atom stereocenters. The highest BCUT2D eigenvalue weighted by atomic mass is 16.7. The maximum Gasteiger partial charge on any atom is 0.302 e. The van der Waals surface area contributed by atoms with E-state index in [4.69, 9.17) is 14.2 Å². The molecule has 218 valence electrons. The molecule has 4 saturated carbocycles. The van der Waals surface area contributed by atoms with Crippen LogP contribution in [0.4, 0.5) is 0 Å². The zero-order valence-corrected chi connectivity index (χ0v) is 22.8. The first-order chi connectivity index (χ1) is 17.8. The lowest BCUT2D eigenvalue weighted by Crippen LogP contribution is -2.61. The largest absolute Gasteiger partial charge is 0.465 e. The van der Waals surface area contributed by atoms with Crippen molar-refractivity contribution in [3.8, 4) is 0 Å². The molecule has 1 aliphatic heterocycles. The second kappa shape index (κ2) is 9.91. The molecule has 0 aromatic heterocycles. The number of hydrogen-bond donors (Lipinski definition) is 6. The average Bonchev–Trinajstić information content (AvgIpc) is 3.08. The first-order valence-corrected chi connectivity index (χ1v) is 14.3. The Balaban J connectivity index is 1.33. The van der Waals surface area contributed by atoms with E-state index in [1.807, 2.05) is 0 Å². The predicted molar refractivity (Wildman–Crippen MR) is 133 cm³/mol. The van der Waals surface area contributed by atoms with Crippen LogP contribution in [0.2, 0.25) is 0 Å². The van der Waals surface area contributed by atoms with Gasteiger partial charge in [-0.2, -0.15) is 0 Å². The maximum absolute atomic E-state index is 11.9. The van der Waals surface area contributed by atoms with E-state index in [9.17, 15) is 35.4 Å². The van der Waals surface area contributed by atoms with E-state index in [0.717, 1.165) is 38.5 Å².